The Bertz CT molecular complexity index is 1240. The van der Waals surface area contributed by atoms with Gasteiger partial charge in [0, 0.05) is 25.1 Å². The molecule has 1 aliphatic heterocycles. The molecule has 130 valence electrons. The van der Waals surface area contributed by atoms with E-state index >= 15 is 0 Å². The zero-order valence-electron chi connectivity index (χ0n) is 13.9. The molecule has 0 fully saturated rings. The molecular formula is C16H14N8OS. The van der Waals surface area contributed by atoms with E-state index in [0.29, 0.717) is 25.0 Å². The van der Waals surface area contributed by atoms with E-state index in [4.69, 9.17) is 4.98 Å². The third-order valence-corrected chi connectivity index (χ3v) is 5.47. The Morgan fingerprint density at radius 3 is 3.08 bits per heavy atom. The van der Waals surface area contributed by atoms with Crippen LogP contribution in [-0.4, -0.2) is 36.1 Å². The lowest BCUT2D eigenvalue weighted by molar-refractivity contribution is 0.631. The number of rotatable bonds is 4. The highest BCUT2D eigenvalue weighted by atomic mass is 32.1. The van der Waals surface area contributed by atoms with Crippen LogP contribution in [-0.2, 0) is 20.0 Å². The molecule has 0 radical (unpaired) electrons. The summed E-state index contributed by atoms with van der Waals surface area (Å²) < 4.78 is 4.26. The largest absolute Gasteiger partial charge is 0.323 e. The van der Waals surface area contributed by atoms with Gasteiger partial charge in [-0.15, -0.1) is 11.3 Å². The standard InChI is InChI=1S/C16H14N8OS/c1-23-13-11(7-19-24(16(13)25)8-10-3-5-18-22-10)14-15(23)20-12(26-14)6-9-2-4-17-21-9/h2-3,5,7H,4,6,8H2,1H3,(H,18,22). The van der Waals surface area contributed by atoms with Gasteiger partial charge < -0.3 is 4.57 Å². The minimum Gasteiger partial charge on any atom is -0.323 e. The first-order chi connectivity index (χ1) is 12.7. The summed E-state index contributed by atoms with van der Waals surface area (Å²) in [5.74, 6) is 0. The first-order valence-corrected chi connectivity index (χ1v) is 8.91. The van der Waals surface area contributed by atoms with E-state index in [2.05, 4.69) is 25.5 Å². The van der Waals surface area contributed by atoms with Crippen molar-refractivity contribution < 1.29 is 0 Å². The van der Waals surface area contributed by atoms with Crippen molar-refractivity contribution in [2.75, 3.05) is 6.54 Å². The van der Waals surface area contributed by atoms with Crippen LogP contribution in [0.1, 0.15) is 10.7 Å². The predicted octanol–water partition coefficient (Wildman–Crippen LogP) is 2.01. The van der Waals surface area contributed by atoms with Crippen molar-refractivity contribution in [3.63, 3.8) is 0 Å². The van der Waals surface area contributed by atoms with E-state index < -0.39 is 0 Å². The molecule has 4 aromatic rings. The van der Waals surface area contributed by atoms with Crippen molar-refractivity contribution in [2.24, 2.45) is 17.3 Å². The van der Waals surface area contributed by atoms with Crippen LogP contribution in [0, 0.1) is 0 Å². The molecule has 5 rings (SSSR count). The van der Waals surface area contributed by atoms with Gasteiger partial charge in [0.2, 0.25) is 0 Å². The average molecular weight is 366 g/mol. The molecule has 0 atom stereocenters. The molecule has 26 heavy (non-hydrogen) atoms. The number of hydrogen-bond acceptors (Lipinski definition) is 7. The van der Waals surface area contributed by atoms with Crippen molar-refractivity contribution in [3.05, 3.63) is 51.3 Å². The summed E-state index contributed by atoms with van der Waals surface area (Å²) >= 11 is 1.58. The number of aromatic nitrogens is 6. The van der Waals surface area contributed by atoms with E-state index in [1.807, 2.05) is 23.8 Å². The topological polar surface area (TPSA) is 106 Å². The maximum absolute atomic E-state index is 12.9. The molecule has 0 bridgehead atoms. The average Bonchev–Trinajstić information content (AvgIpc) is 3.39. The Kier molecular flexibility index (Phi) is 3.32. The lowest BCUT2D eigenvalue weighted by Crippen LogP contribution is -2.24. The minimum atomic E-state index is -0.140. The van der Waals surface area contributed by atoms with Gasteiger partial charge in [-0.2, -0.15) is 20.4 Å². The molecule has 0 saturated heterocycles. The summed E-state index contributed by atoms with van der Waals surface area (Å²) in [5, 5.41) is 21.0. The molecule has 0 aromatic carbocycles. The number of hydrogen-bond donors (Lipinski definition) is 1. The van der Waals surface area contributed by atoms with Crippen LogP contribution in [0.2, 0.25) is 0 Å². The van der Waals surface area contributed by atoms with Gasteiger partial charge in [-0.25, -0.2) is 9.67 Å². The van der Waals surface area contributed by atoms with E-state index in [1.165, 1.54) is 4.68 Å². The van der Waals surface area contributed by atoms with Crippen molar-refractivity contribution in [2.45, 2.75) is 13.0 Å². The zero-order chi connectivity index (χ0) is 17.7. The summed E-state index contributed by atoms with van der Waals surface area (Å²) in [7, 11) is 1.87. The van der Waals surface area contributed by atoms with E-state index in [9.17, 15) is 4.79 Å². The summed E-state index contributed by atoms with van der Waals surface area (Å²) in [6.07, 6.45) is 6.06. The monoisotopic (exact) mass is 366 g/mol. The second-order valence-electron chi connectivity index (χ2n) is 6.07. The quantitative estimate of drug-likeness (QED) is 0.596. The minimum absolute atomic E-state index is 0.140. The smallest absolute Gasteiger partial charge is 0.291 e. The van der Waals surface area contributed by atoms with Crippen molar-refractivity contribution in [3.8, 4) is 0 Å². The summed E-state index contributed by atoms with van der Waals surface area (Å²) in [6, 6.07) is 1.82. The molecule has 10 heteroatoms. The third-order valence-electron chi connectivity index (χ3n) is 4.39. The van der Waals surface area contributed by atoms with Crippen molar-refractivity contribution in [1.82, 2.24) is 29.5 Å². The second kappa shape index (κ2) is 5.70. The highest BCUT2D eigenvalue weighted by Crippen LogP contribution is 2.32. The number of azo groups is 1. The molecule has 4 aromatic heterocycles. The predicted molar refractivity (Wildman–Crippen MR) is 97.4 cm³/mol. The number of allylic oxidation sites excluding steroid dienone is 1. The summed E-state index contributed by atoms with van der Waals surface area (Å²) in [4.78, 5) is 17.6. The number of aryl methyl sites for hydroxylation is 1. The van der Waals surface area contributed by atoms with Crippen LogP contribution in [0.25, 0.3) is 21.3 Å². The zero-order valence-corrected chi connectivity index (χ0v) is 14.7. The van der Waals surface area contributed by atoms with E-state index in [0.717, 1.165) is 32.1 Å². The number of nitrogens with one attached hydrogen (secondary N) is 1. The van der Waals surface area contributed by atoms with Gasteiger partial charge in [0.25, 0.3) is 5.56 Å². The molecule has 0 aliphatic carbocycles. The molecule has 0 amide bonds. The van der Waals surface area contributed by atoms with Crippen molar-refractivity contribution in [1.29, 1.82) is 0 Å². The van der Waals surface area contributed by atoms with E-state index in [1.54, 1.807) is 23.7 Å². The number of aromatic amines is 1. The Morgan fingerprint density at radius 1 is 1.38 bits per heavy atom. The normalized spacial score (nSPS) is 14.0. The Morgan fingerprint density at radius 2 is 2.31 bits per heavy atom. The molecule has 9 nitrogen and oxygen atoms in total. The van der Waals surface area contributed by atoms with Gasteiger partial charge in [-0.05, 0) is 12.1 Å². The summed E-state index contributed by atoms with van der Waals surface area (Å²) in [5.41, 5.74) is 3.04. The van der Waals surface area contributed by atoms with Gasteiger partial charge in [-0.3, -0.25) is 9.89 Å². The van der Waals surface area contributed by atoms with Crippen LogP contribution in [0.4, 0.5) is 0 Å². The fourth-order valence-electron chi connectivity index (χ4n) is 3.14. The number of H-pyrrole nitrogens is 1. The maximum Gasteiger partial charge on any atom is 0.291 e. The Hall–Kier alpha value is -3.14. The number of fused-ring (bicyclic) bond motifs is 3. The Labute approximate surface area is 150 Å². The third kappa shape index (κ3) is 2.30. The first-order valence-electron chi connectivity index (χ1n) is 8.09. The SMILES string of the molecule is Cn1c2nc(CC3=CCN=N3)sc2c2cnn(Cc3ccn[nH]3)c(=O)c21. The second-order valence-corrected chi connectivity index (χ2v) is 7.15. The van der Waals surface area contributed by atoms with Crippen LogP contribution < -0.4 is 5.56 Å². The highest BCUT2D eigenvalue weighted by molar-refractivity contribution is 7.19. The lowest BCUT2D eigenvalue weighted by Gasteiger charge is -2.03. The lowest BCUT2D eigenvalue weighted by atomic mass is 10.3. The number of thiazole rings is 1. The van der Waals surface area contributed by atoms with Gasteiger partial charge in [0.1, 0.15) is 10.5 Å². The molecule has 0 unspecified atom stereocenters. The van der Waals surface area contributed by atoms with Gasteiger partial charge in [0.05, 0.1) is 35.4 Å². The number of nitrogens with zero attached hydrogens (tertiary/aromatic N) is 7. The highest BCUT2D eigenvalue weighted by Gasteiger charge is 2.19. The first kappa shape index (κ1) is 15.1. The summed E-state index contributed by atoms with van der Waals surface area (Å²) in [6.45, 7) is 0.994. The van der Waals surface area contributed by atoms with Crippen LogP contribution in [0.5, 0.6) is 0 Å². The fraction of sp³-hybridized carbons (Fsp3) is 0.250. The fourth-order valence-corrected chi connectivity index (χ4v) is 4.26. The van der Waals surface area contributed by atoms with Crippen molar-refractivity contribution >= 4 is 32.6 Å². The molecule has 1 aliphatic rings. The van der Waals surface area contributed by atoms with Gasteiger partial charge in [-0.1, -0.05) is 0 Å². The Balaban J connectivity index is 1.61. The maximum atomic E-state index is 12.9. The molecule has 1 N–H and O–H groups in total. The van der Waals surface area contributed by atoms with Gasteiger partial charge >= 0.3 is 0 Å². The van der Waals surface area contributed by atoms with Gasteiger partial charge in [0.15, 0.2) is 5.65 Å². The molecule has 5 heterocycles. The molecule has 0 spiro atoms. The van der Waals surface area contributed by atoms with Crippen LogP contribution in [0.3, 0.4) is 0 Å². The molecule has 0 saturated carbocycles. The molecular weight excluding hydrogens is 352 g/mol. The van der Waals surface area contributed by atoms with Crippen LogP contribution >= 0.6 is 11.3 Å². The van der Waals surface area contributed by atoms with Crippen LogP contribution in [0.15, 0.2) is 45.3 Å². The van der Waals surface area contributed by atoms with E-state index in [-0.39, 0.29) is 5.56 Å².